The van der Waals surface area contributed by atoms with E-state index >= 15 is 0 Å². The number of aliphatic carboxylic acids is 1. The summed E-state index contributed by atoms with van der Waals surface area (Å²) in [5, 5.41) is 137. The van der Waals surface area contributed by atoms with Gasteiger partial charge in [0.15, 0.2) is 12.6 Å². The first-order valence-corrected chi connectivity index (χ1v) is 48.2. The Bertz CT molecular complexity index is 2400. The van der Waals surface area contributed by atoms with Crippen molar-refractivity contribution < 1.29 is 104 Å². The highest BCUT2D eigenvalue weighted by molar-refractivity contribution is 5.77. The fourth-order valence-electron chi connectivity index (χ4n) is 16.8. The molecule has 0 aliphatic carbocycles. The highest BCUT2D eigenvalue weighted by atomic mass is 16.8. The molecule has 23 nitrogen and oxygen atoms in total. The summed E-state index contributed by atoms with van der Waals surface area (Å²) in [5.74, 6) is -6.13. The highest BCUT2D eigenvalue weighted by Gasteiger charge is 2.60. The molecule has 0 spiro atoms. The first-order valence-electron chi connectivity index (χ1n) is 48.2. The molecule has 688 valence electrons. The summed E-state index contributed by atoms with van der Waals surface area (Å²) in [6.45, 7) is 2.23. The average molecular weight is 1670 g/mol. The van der Waals surface area contributed by atoms with E-state index in [0.29, 0.717) is 12.8 Å². The van der Waals surface area contributed by atoms with E-state index in [0.717, 1.165) is 51.9 Å². The summed E-state index contributed by atoms with van der Waals surface area (Å²) in [6, 6.07) is -2.62. The zero-order chi connectivity index (χ0) is 85.2. The number of nitrogens with one attached hydrogen (secondary N) is 2. The summed E-state index contributed by atoms with van der Waals surface area (Å²) >= 11 is 0. The van der Waals surface area contributed by atoms with Crippen molar-refractivity contribution in [2.75, 3.05) is 26.4 Å². The second-order valence-corrected chi connectivity index (χ2v) is 34.9. The van der Waals surface area contributed by atoms with Crippen molar-refractivity contribution >= 4 is 17.8 Å². The fourth-order valence-corrected chi connectivity index (χ4v) is 16.8. The summed E-state index contributed by atoms with van der Waals surface area (Å²) in [6.07, 6.45) is 56.8. The Balaban J connectivity index is 1.40. The smallest absolute Gasteiger partial charge is 0.364 e. The standard InChI is InChI=1S/C94H176N2O21/c1-4-6-8-10-12-14-16-18-20-22-24-26-28-30-31-32-33-34-35-36-37-38-39-40-41-42-43-44-46-48-50-52-54-56-58-60-62-64-66-68-81(104)96-75(76(101)67-65-63-61-59-57-55-53-51-49-47-45-29-27-25-23-21-19-17-15-13-11-9-7-5-2)73-112-91-86(108)85(107)88(80(72-99)114-91)115-92-87(109)90(84(106)79(71-98)113-92)117-94(93(110)111)69-77(102)82(95-74(3)100)89(116-94)83(105)78(103)70-97/h36-37,65,67,75-80,82-92,97-99,101-103,105-109H,4-35,38-64,66,68-73H2,1-3H3,(H,95,100)(H,96,104)(H,110,111)/b37-36-,67-65+. The molecule has 0 radical (unpaired) electrons. The van der Waals surface area contributed by atoms with Crippen LogP contribution in [0, 0.1) is 0 Å². The van der Waals surface area contributed by atoms with Gasteiger partial charge in [-0.3, -0.25) is 9.59 Å². The lowest BCUT2D eigenvalue weighted by atomic mass is 9.88. The van der Waals surface area contributed by atoms with Gasteiger partial charge >= 0.3 is 5.97 Å². The number of amides is 2. The lowest BCUT2D eigenvalue weighted by molar-refractivity contribution is -0.386. The minimum absolute atomic E-state index is 0.204. The Morgan fingerprint density at radius 1 is 0.444 bits per heavy atom. The van der Waals surface area contributed by atoms with Crippen molar-refractivity contribution in [1.29, 1.82) is 0 Å². The molecule has 0 bridgehead atoms. The number of ether oxygens (including phenoxy) is 6. The number of hydrogen-bond donors (Lipinski definition) is 14. The Morgan fingerprint density at radius 3 is 1.16 bits per heavy atom. The SMILES string of the molecule is CCCCCCCCCCCCCCCCCCCC/C=C\CCCCCCCCCCCCCCCCCCCC(=O)NC(COC1OC(CO)C(OC2OC(CO)C(O)C(OC3(C(=O)O)CC(O)C(NC(C)=O)C(C(O)C(O)CO)O3)C2O)C(O)C1O)C(O)/C=C/CCCCCCCCCCCCCCCCCCCCCCCC. The van der Waals surface area contributed by atoms with Crippen molar-refractivity contribution in [1.82, 2.24) is 10.6 Å². The summed E-state index contributed by atoms with van der Waals surface area (Å²) in [7, 11) is 0. The first kappa shape index (κ1) is 108. The largest absolute Gasteiger partial charge is 0.477 e. The van der Waals surface area contributed by atoms with Gasteiger partial charge in [-0.15, -0.1) is 0 Å². The molecule has 23 heteroatoms. The Morgan fingerprint density at radius 2 is 0.803 bits per heavy atom. The van der Waals surface area contributed by atoms with E-state index in [-0.39, 0.29) is 12.3 Å². The summed E-state index contributed by atoms with van der Waals surface area (Å²) < 4.78 is 35.0. The second-order valence-electron chi connectivity index (χ2n) is 34.9. The zero-order valence-electron chi connectivity index (χ0n) is 73.8. The van der Waals surface area contributed by atoms with Gasteiger partial charge in [-0.1, -0.05) is 378 Å². The van der Waals surface area contributed by atoms with Gasteiger partial charge in [0, 0.05) is 19.8 Å². The molecule has 3 heterocycles. The molecular formula is C94H176N2O21. The van der Waals surface area contributed by atoms with Crippen LogP contribution in [0.15, 0.2) is 24.3 Å². The van der Waals surface area contributed by atoms with Crippen LogP contribution in [0.4, 0.5) is 0 Å². The van der Waals surface area contributed by atoms with Gasteiger partial charge in [0.05, 0.1) is 50.7 Å². The minimum atomic E-state index is -3.08. The molecule has 3 fully saturated rings. The van der Waals surface area contributed by atoms with E-state index in [4.69, 9.17) is 28.4 Å². The van der Waals surface area contributed by atoms with Crippen LogP contribution in [0.5, 0.6) is 0 Å². The summed E-state index contributed by atoms with van der Waals surface area (Å²) in [4.78, 5) is 38.8. The van der Waals surface area contributed by atoms with Gasteiger partial charge in [-0.2, -0.15) is 0 Å². The average Bonchev–Trinajstić information content (AvgIpc) is 0.751. The van der Waals surface area contributed by atoms with E-state index < -0.39 is 155 Å². The normalized spacial score (nSPS) is 24.9. The molecule has 0 aromatic rings. The maximum absolute atomic E-state index is 13.6. The van der Waals surface area contributed by atoms with Crippen LogP contribution >= 0.6 is 0 Å². The van der Waals surface area contributed by atoms with Crippen LogP contribution in [0.25, 0.3) is 0 Å². The minimum Gasteiger partial charge on any atom is -0.477 e. The Labute approximate surface area is 708 Å². The third-order valence-electron chi connectivity index (χ3n) is 24.4. The van der Waals surface area contributed by atoms with Gasteiger partial charge in [0.1, 0.15) is 67.1 Å². The van der Waals surface area contributed by atoms with Crippen LogP contribution in [0.2, 0.25) is 0 Å². The number of carbonyl (C=O) groups excluding carboxylic acids is 2. The lowest BCUT2D eigenvalue weighted by Crippen LogP contribution is -2.70. The number of aliphatic hydroxyl groups excluding tert-OH is 11. The third-order valence-corrected chi connectivity index (χ3v) is 24.4. The molecule has 0 aromatic heterocycles. The van der Waals surface area contributed by atoms with E-state index in [2.05, 4.69) is 36.6 Å². The topological polar surface area (TPSA) is 373 Å². The van der Waals surface area contributed by atoms with Gasteiger partial charge in [-0.25, -0.2) is 4.79 Å². The Hall–Kier alpha value is -2.79. The number of carbonyl (C=O) groups is 3. The number of rotatable bonds is 79. The summed E-state index contributed by atoms with van der Waals surface area (Å²) in [5.41, 5.74) is 0. The van der Waals surface area contributed by atoms with E-state index in [9.17, 15) is 75.7 Å². The maximum Gasteiger partial charge on any atom is 0.364 e. The van der Waals surface area contributed by atoms with Crippen LogP contribution in [0.1, 0.15) is 419 Å². The number of unbranched alkanes of at least 4 members (excludes halogenated alkanes) is 57. The van der Waals surface area contributed by atoms with Crippen molar-refractivity contribution in [2.45, 2.75) is 529 Å². The fraction of sp³-hybridized carbons (Fsp3) is 0.926. The predicted molar refractivity (Wildman–Crippen MR) is 463 cm³/mol. The monoisotopic (exact) mass is 1670 g/mol. The van der Waals surface area contributed by atoms with Crippen molar-refractivity contribution in [2.24, 2.45) is 0 Å². The number of allylic oxidation sites excluding steroid dienone is 3. The number of hydrogen-bond acceptors (Lipinski definition) is 20. The number of carboxylic acids is 1. The van der Waals surface area contributed by atoms with E-state index in [1.807, 2.05) is 6.08 Å². The van der Waals surface area contributed by atoms with Crippen LogP contribution in [-0.4, -0.2) is 215 Å². The van der Waals surface area contributed by atoms with Crippen LogP contribution < -0.4 is 10.6 Å². The van der Waals surface area contributed by atoms with Crippen LogP contribution in [0.3, 0.4) is 0 Å². The molecule has 117 heavy (non-hydrogen) atoms. The molecule has 3 rings (SSSR count). The van der Waals surface area contributed by atoms with Gasteiger partial charge in [-0.05, 0) is 44.9 Å². The molecule has 0 saturated carbocycles. The molecular weight excluding hydrogens is 1490 g/mol. The molecule has 14 N–H and O–H groups in total. The Kier molecular flexibility index (Phi) is 66.2. The van der Waals surface area contributed by atoms with E-state index in [1.165, 1.54) is 327 Å². The first-order chi connectivity index (χ1) is 56.9. The molecule has 18 atom stereocenters. The lowest BCUT2D eigenvalue weighted by Gasteiger charge is -2.50. The van der Waals surface area contributed by atoms with Crippen molar-refractivity contribution in [3.63, 3.8) is 0 Å². The van der Waals surface area contributed by atoms with Crippen molar-refractivity contribution in [3.05, 3.63) is 24.3 Å². The zero-order valence-corrected chi connectivity index (χ0v) is 73.8. The molecule has 3 aliphatic rings. The predicted octanol–water partition coefficient (Wildman–Crippen LogP) is 16.6. The number of aliphatic hydroxyl groups is 11. The number of carboxylic acid groups (broad SMARTS) is 1. The molecule has 0 aromatic carbocycles. The molecule has 3 aliphatic heterocycles. The van der Waals surface area contributed by atoms with E-state index in [1.54, 1.807) is 6.08 Å². The second kappa shape index (κ2) is 71.5. The van der Waals surface area contributed by atoms with Crippen molar-refractivity contribution in [3.8, 4) is 0 Å². The molecule has 18 unspecified atom stereocenters. The van der Waals surface area contributed by atoms with Crippen LogP contribution in [-0.2, 0) is 42.8 Å². The highest BCUT2D eigenvalue weighted by Crippen LogP contribution is 2.39. The third kappa shape index (κ3) is 49.5. The van der Waals surface area contributed by atoms with Gasteiger partial charge in [0.25, 0.3) is 5.79 Å². The quantitative estimate of drug-likeness (QED) is 0.0199. The maximum atomic E-state index is 13.6. The van der Waals surface area contributed by atoms with Gasteiger partial charge < -0.3 is 100 Å². The molecule has 3 saturated heterocycles. The molecule has 2 amide bonds. The van der Waals surface area contributed by atoms with Gasteiger partial charge in [0.2, 0.25) is 11.8 Å².